The molecule has 0 saturated heterocycles. The Morgan fingerprint density at radius 1 is 1.53 bits per heavy atom. The van der Waals surface area contributed by atoms with Gasteiger partial charge in [-0.05, 0) is 6.92 Å². The molecule has 0 aliphatic heterocycles. The molecule has 1 rings (SSSR count). The summed E-state index contributed by atoms with van der Waals surface area (Å²) in [7, 11) is -3.51. The van der Waals surface area contributed by atoms with Crippen molar-refractivity contribution in [3.8, 4) is 0 Å². The lowest BCUT2D eigenvalue weighted by atomic mass is 10.6. The summed E-state index contributed by atoms with van der Waals surface area (Å²) in [6.45, 7) is 1.34. The van der Waals surface area contributed by atoms with Crippen LogP contribution in [-0.2, 0) is 16.6 Å². The lowest BCUT2D eigenvalue weighted by Crippen LogP contribution is -2.31. The zero-order valence-corrected chi connectivity index (χ0v) is 8.92. The fraction of sp³-hybridized carbons (Fsp3) is 0.667. The third-order valence-corrected chi connectivity index (χ3v) is 3.12. The summed E-state index contributed by atoms with van der Waals surface area (Å²) in [5.74, 6) is -2.78. The van der Waals surface area contributed by atoms with Crippen molar-refractivity contribution < 1.29 is 17.2 Å². The molecular weight excluding hydrogens is 230 g/mol. The number of nitrogens with one attached hydrogen (secondary N) is 1. The minimum absolute atomic E-state index is 0.152. The highest BCUT2D eigenvalue weighted by molar-refractivity contribution is 7.89. The van der Waals surface area contributed by atoms with Crippen molar-refractivity contribution in [2.45, 2.75) is 19.2 Å². The molecular formula is C6H10F2N4O2S. The zero-order valence-electron chi connectivity index (χ0n) is 8.11. The summed E-state index contributed by atoms with van der Waals surface area (Å²) in [6, 6.07) is 0. The van der Waals surface area contributed by atoms with Crippen LogP contribution in [0.15, 0.2) is 0 Å². The van der Waals surface area contributed by atoms with Gasteiger partial charge in [0, 0.05) is 7.05 Å². The third-order valence-electron chi connectivity index (χ3n) is 1.67. The summed E-state index contributed by atoms with van der Waals surface area (Å²) in [5.41, 5.74) is 0. The van der Waals surface area contributed by atoms with E-state index in [-0.39, 0.29) is 12.4 Å². The van der Waals surface area contributed by atoms with Gasteiger partial charge in [-0.25, -0.2) is 13.4 Å². The number of nitrogens with zero attached hydrogens (tertiary/aromatic N) is 3. The maximum atomic E-state index is 12.1. The number of alkyl halides is 2. The van der Waals surface area contributed by atoms with Crippen LogP contribution in [0.25, 0.3) is 0 Å². The standard InChI is InChI=1S/C6H10F2N4O2S/c1-4-9-5(11-10-4)3-12(2)15(13,14)6(7)8/h6H,3H2,1-2H3,(H,9,10,11). The maximum Gasteiger partial charge on any atom is 0.350 e. The molecule has 0 aromatic carbocycles. The highest BCUT2D eigenvalue weighted by Gasteiger charge is 2.29. The molecule has 0 spiro atoms. The average Bonchev–Trinajstić information content (AvgIpc) is 2.50. The molecule has 0 fully saturated rings. The van der Waals surface area contributed by atoms with Gasteiger partial charge in [-0.1, -0.05) is 0 Å². The van der Waals surface area contributed by atoms with Crippen molar-refractivity contribution in [3.63, 3.8) is 0 Å². The maximum absolute atomic E-state index is 12.1. The number of hydrogen-bond acceptors (Lipinski definition) is 4. The van der Waals surface area contributed by atoms with E-state index >= 15 is 0 Å². The predicted octanol–water partition coefficient (Wildman–Crippen LogP) is 0.0973. The Hall–Kier alpha value is -1.09. The number of H-pyrrole nitrogens is 1. The molecule has 0 aliphatic rings. The predicted molar refractivity (Wildman–Crippen MR) is 47.5 cm³/mol. The molecule has 1 aromatic heterocycles. The SMILES string of the molecule is Cc1nc(CN(C)S(=O)(=O)C(F)F)n[nH]1. The molecule has 1 aromatic rings. The fourth-order valence-electron chi connectivity index (χ4n) is 0.885. The quantitative estimate of drug-likeness (QED) is 0.809. The molecule has 86 valence electrons. The van der Waals surface area contributed by atoms with Crippen molar-refractivity contribution in [1.29, 1.82) is 0 Å². The second-order valence-electron chi connectivity index (χ2n) is 2.90. The Balaban J connectivity index is 2.76. The molecule has 0 bridgehead atoms. The van der Waals surface area contributed by atoms with Crippen molar-refractivity contribution in [2.24, 2.45) is 0 Å². The molecule has 1 N–H and O–H groups in total. The normalized spacial score (nSPS) is 12.7. The molecule has 0 atom stereocenters. The van der Waals surface area contributed by atoms with Crippen LogP contribution in [0.5, 0.6) is 0 Å². The minimum Gasteiger partial charge on any atom is -0.263 e. The highest BCUT2D eigenvalue weighted by Crippen LogP contribution is 2.11. The first-order valence-electron chi connectivity index (χ1n) is 3.95. The molecule has 0 radical (unpaired) electrons. The second kappa shape index (κ2) is 4.19. The molecule has 15 heavy (non-hydrogen) atoms. The Bertz CT molecular complexity index is 430. The number of sulfonamides is 1. The Morgan fingerprint density at radius 3 is 2.53 bits per heavy atom. The van der Waals surface area contributed by atoms with E-state index in [4.69, 9.17) is 0 Å². The molecule has 0 aliphatic carbocycles. The Kier molecular flexibility index (Phi) is 3.35. The van der Waals surface area contributed by atoms with Gasteiger partial charge in [0.25, 0.3) is 10.0 Å². The largest absolute Gasteiger partial charge is 0.350 e. The van der Waals surface area contributed by atoms with E-state index in [0.29, 0.717) is 10.1 Å². The minimum atomic E-state index is -4.56. The summed E-state index contributed by atoms with van der Waals surface area (Å²) in [6.07, 6.45) is 0. The van der Waals surface area contributed by atoms with Gasteiger partial charge in [-0.3, -0.25) is 5.10 Å². The smallest absolute Gasteiger partial charge is 0.263 e. The monoisotopic (exact) mass is 240 g/mol. The third kappa shape index (κ3) is 2.69. The van der Waals surface area contributed by atoms with E-state index in [1.54, 1.807) is 6.92 Å². The van der Waals surface area contributed by atoms with Crippen LogP contribution in [0.1, 0.15) is 11.6 Å². The number of hydrogen-bond donors (Lipinski definition) is 1. The highest BCUT2D eigenvalue weighted by atomic mass is 32.2. The van der Waals surface area contributed by atoms with E-state index in [0.717, 1.165) is 7.05 Å². The molecule has 0 saturated carbocycles. The molecule has 9 heteroatoms. The van der Waals surface area contributed by atoms with Crippen LogP contribution in [-0.4, -0.2) is 40.7 Å². The molecule has 0 unspecified atom stereocenters. The van der Waals surface area contributed by atoms with E-state index in [1.165, 1.54) is 0 Å². The van der Waals surface area contributed by atoms with Crippen LogP contribution in [0, 0.1) is 6.92 Å². The van der Waals surface area contributed by atoms with E-state index in [9.17, 15) is 17.2 Å². The van der Waals surface area contributed by atoms with Crippen LogP contribution < -0.4 is 0 Å². The number of aromatic nitrogens is 3. The van der Waals surface area contributed by atoms with E-state index in [2.05, 4.69) is 15.2 Å². The zero-order chi connectivity index (χ0) is 11.6. The Morgan fingerprint density at radius 2 is 2.13 bits per heavy atom. The summed E-state index contributed by atoms with van der Waals surface area (Å²) in [5, 5.41) is 6.13. The van der Waals surface area contributed by atoms with Crippen LogP contribution >= 0.6 is 0 Å². The van der Waals surface area contributed by atoms with Gasteiger partial charge in [-0.2, -0.15) is 18.2 Å². The topological polar surface area (TPSA) is 79.0 Å². The van der Waals surface area contributed by atoms with Crippen LogP contribution in [0.2, 0.25) is 0 Å². The van der Waals surface area contributed by atoms with Gasteiger partial charge in [0.05, 0.1) is 6.54 Å². The average molecular weight is 240 g/mol. The lowest BCUT2D eigenvalue weighted by molar-refractivity contribution is 0.221. The molecule has 6 nitrogen and oxygen atoms in total. The number of rotatable bonds is 4. The van der Waals surface area contributed by atoms with E-state index < -0.39 is 15.8 Å². The first-order valence-corrected chi connectivity index (χ1v) is 5.45. The van der Waals surface area contributed by atoms with Gasteiger partial charge < -0.3 is 0 Å². The number of aryl methyl sites for hydroxylation is 1. The van der Waals surface area contributed by atoms with Gasteiger partial charge >= 0.3 is 5.76 Å². The van der Waals surface area contributed by atoms with Gasteiger partial charge in [0.1, 0.15) is 5.82 Å². The number of halogens is 2. The first-order chi connectivity index (χ1) is 6.84. The number of aromatic amines is 1. The summed E-state index contributed by atoms with van der Waals surface area (Å²) < 4.78 is 46.6. The first kappa shape index (κ1) is 12.0. The van der Waals surface area contributed by atoms with Gasteiger partial charge in [-0.15, -0.1) is 0 Å². The van der Waals surface area contributed by atoms with Crippen molar-refractivity contribution in [1.82, 2.24) is 19.5 Å². The van der Waals surface area contributed by atoms with Crippen LogP contribution in [0.3, 0.4) is 0 Å². The van der Waals surface area contributed by atoms with Crippen molar-refractivity contribution in [2.75, 3.05) is 7.05 Å². The summed E-state index contributed by atoms with van der Waals surface area (Å²) >= 11 is 0. The Labute approximate surface area is 85.4 Å². The lowest BCUT2D eigenvalue weighted by Gasteiger charge is -2.13. The second-order valence-corrected chi connectivity index (χ2v) is 4.91. The van der Waals surface area contributed by atoms with Crippen molar-refractivity contribution >= 4 is 10.0 Å². The van der Waals surface area contributed by atoms with Gasteiger partial charge in [0.2, 0.25) is 0 Å². The molecule has 1 heterocycles. The van der Waals surface area contributed by atoms with Crippen molar-refractivity contribution in [3.05, 3.63) is 11.6 Å². The van der Waals surface area contributed by atoms with Crippen LogP contribution in [0.4, 0.5) is 8.78 Å². The van der Waals surface area contributed by atoms with E-state index in [1.807, 2.05) is 0 Å². The summed E-state index contributed by atoms with van der Waals surface area (Å²) in [4.78, 5) is 3.81. The fourth-order valence-corrected chi connectivity index (χ4v) is 1.45. The molecule has 0 amide bonds. The van der Waals surface area contributed by atoms with Gasteiger partial charge in [0.15, 0.2) is 5.82 Å².